The van der Waals surface area contributed by atoms with Crippen LogP contribution >= 0.6 is 11.6 Å². The fourth-order valence-corrected chi connectivity index (χ4v) is 3.84. The van der Waals surface area contributed by atoms with Gasteiger partial charge >= 0.3 is 0 Å². The third kappa shape index (κ3) is 3.90. The maximum absolute atomic E-state index is 12.7. The first-order valence-electron chi connectivity index (χ1n) is 8.11. The third-order valence-corrected chi connectivity index (χ3v) is 5.49. The number of halogens is 1. The summed E-state index contributed by atoms with van der Waals surface area (Å²) in [6.07, 6.45) is 1.84. The van der Waals surface area contributed by atoms with E-state index in [0.717, 1.165) is 0 Å². The Morgan fingerprint density at radius 3 is 2.68 bits per heavy atom. The van der Waals surface area contributed by atoms with Crippen LogP contribution in [0.3, 0.4) is 0 Å². The Bertz CT molecular complexity index is 1210. The summed E-state index contributed by atoms with van der Waals surface area (Å²) in [4.78, 5) is 4.32. The highest BCUT2D eigenvalue weighted by atomic mass is 35.5. The molecular formula is C18H13ClN4O4S. The standard InChI is InChI=1S/C18H13ClN4O4S/c19-15-6-1-2-7-16(15)23-28(24,25)14-5-3-4-12(10-14)18-21-17(22-27-18)11-13-8-9-20-26-13/h1-10,23H,11H2. The van der Waals surface area contributed by atoms with Gasteiger partial charge in [-0.2, -0.15) is 4.98 Å². The van der Waals surface area contributed by atoms with Crippen LogP contribution in [0.4, 0.5) is 5.69 Å². The van der Waals surface area contributed by atoms with Crippen LogP contribution in [0.5, 0.6) is 0 Å². The molecule has 142 valence electrons. The zero-order valence-corrected chi connectivity index (χ0v) is 15.8. The molecule has 0 amide bonds. The lowest BCUT2D eigenvalue weighted by Gasteiger charge is -2.09. The summed E-state index contributed by atoms with van der Waals surface area (Å²) in [5.41, 5.74) is 0.764. The van der Waals surface area contributed by atoms with Crippen LogP contribution in [0.1, 0.15) is 11.6 Å². The van der Waals surface area contributed by atoms with Crippen molar-refractivity contribution in [3.63, 3.8) is 0 Å². The molecule has 0 aliphatic carbocycles. The monoisotopic (exact) mass is 416 g/mol. The molecule has 2 aromatic carbocycles. The number of sulfonamides is 1. The molecule has 28 heavy (non-hydrogen) atoms. The lowest BCUT2D eigenvalue weighted by atomic mass is 10.2. The average molecular weight is 417 g/mol. The van der Waals surface area contributed by atoms with E-state index in [-0.39, 0.29) is 10.8 Å². The molecule has 2 aromatic heterocycles. The van der Waals surface area contributed by atoms with Crippen molar-refractivity contribution in [1.82, 2.24) is 15.3 Å². The van der Waals surface area contributed by atoms with Crippen molar-refractivity contribution in [1.29, 1.82) is 0 Å². The van der Waals surface area contributed by atoms with Crippen molar-refractivity contribution in [2.24, 2.45) is 0 Å². The van der Waals surface area contributed by atoms with Gasteiger partial charge in [0.1, 0.15) is 5.76 Å². The molecule has 4 rings (SSSR count). The summed E-state index contributed by atoms with van der Waals surface area (Å²) in [7, 11) is -3.85. The maximum atomic E-state index is 12.7. The number of aromatic nitrogens is 3. The van der Waals surface area contributed by atoms with E-state index < -0.39 is 10.0 Å². The van der Waals surface area contributed by atoms with Crippen LogP contribution in [0, 0.1) is 0 Å². The fourth-order valence-electron chi connectivity index (χ4n) is 2.48. The zero-order chi connectivity index (χ0) is 19.6. The number of hydrogen-bond acceptors (Lipinski definition) is 7. The highest BCUT2D eigenvalue weighted by Gasteiger charge is 2.18. The van der Waals surface area contributed by atoms with Gasteiger partial charge in [-0.05, 0) is 30.3 Å². The van der Waals surface area contributed by atoms with E-state index in [0.29, 0.717) is 34.3 Å². The fraction of sp³-hybridized carbons (Fsp3) is 0.0556. The van der Waals surface area contributed by atoms with Crippen LogP contribution in [0.15, 0.2) is 74.7 Å². The van der Waals surface area contributed by atoms with E-state index in [1.54, 1.807) is 42.5 Å². The molecule has 0 aliphatic heterocycles. The quantitative estimate of drug-likeness (QED) is 0.509. The smallest absolute Gasteiger partial charge is 0.261 e. The normalized spacial score (nSPS) is 11.5. The van der Waals surface area contributed by atoms with Gasteiger partial charge in [-0.25, -0.2) is 8.42 Å². The molecule has 0 radical (unpaired) electrons. The first-order valence-corrected chi connectivity index (χ1v) is 9.97. The number of rotatable bonds is 6. The summed E-state index contributed by atoms with van der Waals surface area (Å²) in [5.74, 6) is 1.19. The first-order chi connectivity index (χ1) is 13.5. The van der Waals surface area contributed by atoms with Crippen LogP contribution in [-0.2, 0) is 16.4 Å². The minimum atomic E-state index is -3.85. The maximum Gasteiger partial charge on any atom is 0.261 e. The van der Waals surface area contributed by atoms with Gasteiger partial charge in [0.25, 0.3) is 15.9 Å². The van der Waals surface area contributed by atoms with Crippen molar-refractivity contribution in [3.8, 4) is 11.5 Å². The highest BCUT2D eigenvalue weighted by molar-refractivity contribution is 7.92. The van der Waals surface area contributed by atoms with Gasteiger partial charge in [-0.15, -0.1) is 0 Å². The molecule has 0 fully saturated rings. The van der Waals surface area contributed by atoms with Gasteiger partial charge < -0.3 is 9.05 Å². The second-order valence-corrected chi connectivity index (χ2v) is 7.87. The van der Waals surface area contributed by atoms with E-state index in [4.69, 9.17) is 20.6 Å². The predicted molar refractivity (Wildman–Crippen MR) is 101 cm³/mol. The predicted octanol–water partition coefficient (Wildman–Crippen LogP) is 3.77. The lowest BCUT2D eigenvalue weighted by molar-refractivity contribution is 0.382. The zero-order valence-electron chi connectivity index (χ0n) is 14.2. The molecular weight excluding hydrogens is 404 g/mol. The van der Waals surface area contributed by atoms with Crippen molar-refractivity contribution in [2.75, 3.05) is 4.72 Å². The Balaban J connectivity index is 1.59. The van der Waals surface area contributed by atoms with Crippen molar-refractivity contribution in [2.45, 2.75) is 11.3 Å². The van der Waals surface area contributed by atoms with Gasteiger partial charge in [0.2, 0.25) is 0 Å². The third-order valence-electron chi connectivity index (χ3n) is 3.80. The molecule has 0 saturated heterocycles. The van der Waals surface area contributed by atoms with Gasteiger partial charge in [-0.3, -0.25) is 4.72 Å². The van der Waals surface area contributed by atoms with E-state index >= 15 is 0 Å². The molecule has 0 bridgehead atoms. The SMILES string of the molecule is O=S(=O)(Nc1ccccc1Cl)c1cccc(-c2nc(Cc3ccno3)no2)c1. The van der Waals surface area contributed by atoms with Crippen molar-refractivity contribution < 1.29 is 17.5 Å². The molecule has 4 aromatic rings. The molecule has 0 atom stereocenters. The second-order valence-electron chi connectivity index (χ2n) is 5.78. The van der Waals surface area contributed by atoms with Gasteiger partial charge in [0.05, 0.1) is 28.2 Å². The Kier molecular flexibility index (Phi) is 4.84. The van der Waals surface area contributed by atoms with Crippen molar-refractivity contribution in [3.05, 3.63) is 77.4 Å². The van der Waals surface area contributed by atoms with E-state index in [2.05, 4.69) is 20.0 Å². The molecule has 10 heteroatoms. The minimum absolute atomic E-state index is 0.0416. The number of para-hydroxylation sites is 1. The Hall–Kier alpha value is -3.17. The molecule has 2 heterocycles. The molecule has 0 spiro atoms. The van der Waals surface area contributed by atoms with Crippen LogP contribution in [0.25, 0.3) is 11.5 Å². The summed E-state index contributed by atoms with van der Waals surface area (Å²) < 4.78 is 38.1. The van der Waals surface area contributed by atoms with Crippen LogP contribution < -0.4 is 4.72 Å². The second kappa shape index (κ2) is 7.45. The molecule has 1 N–H and O–H groups in total. The summed E-state index contributed by atoms with van der Waals surface area (Å²) >= 11 is 6.03. The van der Waals surface area contributed by atoms with Crippen LogP contribution in [0.2, 0.25) is 5.02 Å². The van der Waals surface area contributed by atoms with Crippen molar-refractivity contribution >= 4 is 27.3 Å². The highest BCUT2D eigenvalue weighted by Crippen LogP contribution is 2.26. The number of hydrogen-bond donors (Lipinski definition) is 1. The summed E-state index contributed by atoms with van der Waals surface area (Å²) in [6.45, 7) is 0. The number of nitrogens with zero attached hydrogens (tertiary/aromatic N) is 3. The first kappa shape index (κ1) is 18.2. The Labute approximate surface area is 165 Å². The number of nitrogens with one attached hydrogen (secondary N) is 1. The topological polar surface area (TPSA) is 111 Å². The lowest BCUT2D eigenvalue weighted by Crippen LogP contribution is -2.13. The van der Waals surface area contributed by atoms with E-state index in [1.165, 1.54) is 18.3 Å². The van der Waals surface area contributed by atoms with E-state index in [1.807, 2.05) is 0 Å². The van der Waals surface area contributed by atoms with Gasteiger partial charge in [-0.1, -0.05) is 40.1 Å². The largest absolute Gasteiger partial charge is 0.361 e. The molecule has 0 unspecified atom stereocenters. The summed E-state index contributed by atoms with van der Waals surface area (Å²) in [5, 5.41) is 7.80. The number of benzene rings is 2. The Morgan fingerprint density at radius 1 is 1.04 bits per heavy atom. The molecule has 8 nitrogen and oxygen atoms in total. The van der Waals surface area contributed by atoms with E-state index in [9.17, 15) is 8.42 Å². The number of anilines is 1. The minimum Gasteiger partial charge on any atom is -0.361 e. The molecule has 0 aliphatic rings. The van der Waals surface area contributed by atoms with Gasteiger partial charge in [0, 0.05) is 11.6 Å². The summed E-state index contributed by atoms with van der Waals surface area (Å²) in [6, 6.07) is 14.5. The van der Waals surface area contributed by atoms with Crippen LogP contribution in [-0.4, -0.2) is 23.7 Å². The van der Waals surface area contributed by atoms with Gasteiger partial charge in [0.15, 0.2) is 5.82 Å². The molecule has 0 saturated carbocycles. The Morgan fingerprint density at radius 2 is 1.89 bits per heavy atom. The average Bonchev–Trinajstić information content (AvgIpc) is 3.36.